The first-order valence-corrected chi connectivity index (χ1v) is 5.47. The summed E-state index contributed by atoms with van der Waals surface area (Å²) in [6, 6.07) is 0.131. The molecule has 0 spiro atoms. The van der Waals surface area contributed by atoms with Gasteiger partial charge < -0.3 is 22.9 Å². The summed E-state index contributed by atoms with van der Waals surface area (Å²) in [5.74, 6) is 0.186. The van der Waals surface area contributed by atoms with Crippen LogP contribution in [0.25, 0.3) is 0 Å². The van der Waals surface area contributed by atoms with Crippen molar-refractivity contribution in [3.63, 3.8) is 0 Å². The van der Waals surface area contributed by atoms with E-state index in [0.717, 1.165) is 19.3 Å². The Morgan fingerprint density at radius 2 is 2.00 bits per heavy atom. The molecule has 0 aliphatic heterocycles. The minimum atomic E-state index is -0.801. The standard InChI is InChI=1S/C10H24N4/c1-3-10(13,14)9(12)6-4-5-8(11)7(9)2/h7-8H,3-6,11-14H2,1-2H3. The van der Waals surface area contributed by atoms with Crippen molar-refractivity contribution in [2.45, 2.75) is 56.8 Å². The summed E-state index contributed by atoms with van der Waals surface area (Å²) in [7, 11) is 0. The highest BCUT2D eigenvalue weighted by Gasteiger charge is 2.49. The van der Waals surface area contributed by atoms with E-state index in [1.54, 1.807) is 0 Å². The second kappa shape index (κ2) is 3.77. The fourth-order valence-electron chi connectivity index (χ4n) is 2.48. The Balaban J connectivity index is 2.91. The monoisotopic (exact) mass is 200 g/mol. The Morgan fingerprint density at radius 1 is 1.43 bits per heavy atom. The van der Waals surface area contributed by atoms with Crippen molar-refractivity contribution < 1.29 is 0 Å². The van der Waals surface area contributed by atoms with Gasteiger partial charge in [0.05, 0.1) is 11.2 Å². The number of nitrogens with two attached hydrogens (primary N) is 4. The summed E-state index contributed by atoms with van der Waals surface area (Å²) in [5.41, 5.74) is 23.2. The third-order valence-corrected chi connectivity index (χ3v) is 4.03. The van der Waals surface area contributed by atoms with Crippen LogP contribution in [-0.4, -0.2) is 17.2 Å². The Kier molecular flexibility index (Phi) is 3.21. The van der Waals surface area contributed by atoms with Gasteiger partial charge in [0, 0.05) is 6.04 Å². The van der Waals surface area contributed by atoms with E-state index < -0.39 is 11.2 Å². The van der Waals surface area contributed by atoms with Crippen molar-refractivity contribution in [3.8, 4) is 0 Å². The molecular weight excluding hydrogens is 176 g/mol. The molecule has 1 aliphatic rings. The van der Waals surface area contributed by atoms with Crippen LogP contribution in [0.2, 0.25) is 0 Å². The van der Waals surface area contributed by atoms with Gasteiger partial charge in [-0.3, -0.25) is 0 Å². The van der Waals surface area contributed by atoms with Gasteiger partial charge in [0.2, 0.25) is 0 Å². The first-order valence-electron chi connectivity index (χ1n) is 5.47. The lowest BCUT2D eigenvalue weighted by Gasteiger charge is -2.51. The summed E-state index contributed by atoms with van der Waals surface area (Å²) in [6.45, 7) is 4.04. The molecule has 1 fully saturated rings. The van der Waals surface area contributed by atoms with Crippen molar-refractivity contribution >= 4 is 0 Å². The van der Waals surface area contributed by atoms with E-state index in [1.807, 2.05) is 6.92 Å². The minimum Gasteiger partial charge on any atom is -0.327 e. The molecule has 8 N–H and O–H groups in total. The zero-order chi connectivity index (χ0) is 11.0. The second-order valence-electron chi connectivity index (χ2n) is 4.78. The molecule has 0 saturated heterocycles. The van der Waals surface area contributed by atoms with E-state index in [0.29, 0.717) is 6.42 Å². The maximum absolute atomic E-state index is 6.35. The molecule has 0 radical (unpaired) electrons. The smallest absolute Gasteiger partial charge is 0.0822 e. The number of rotatable bonds is 2. The van der Waals surface area contributed by atoms with Gasteiger partial charge in [-0.15, -0.1) is 0 Å². The average molecular weight is 200 g/mol. The van der Waals surface area contributed by atoms with Crippen LogP contribution < -0.4 is 22.9 Å². The van der Waals surface area contributed by atoms with Gasteiger partial charge in [-0.2, -0.15) is 0 Å². The van der Waals surface area contributed by atoms with Gasteiger partial charge >= 0.3 is 0 Å². The molecule has 0 bridgehead atoms. The fourth-order valence-corrected chi connectivity index (χ4v) is 2.48. The first-order chi connectivity index (χ1) is 6.35. The highest BCUT2D eigenvalue weighted by molar-refractivity contribution is 5.09. The summed E-state index contributed by atoms with van der Waals surface area (Å²) in [6.07, 6.45) is 3.61. The van der Waals surface area contributed by atoms with Crippen molar-refractivity contribution in [3.05, 3.63) is 0 Å². The minimum absolute atomic E-state index is 0.131. The van der Waals surface area contributed by atoms with Gasteiger partial charge in [-0.1, -0.05) is 13.8 Å². The molecule has 1 rings (SSSR count). The van der Waals surface area contributed by atoms with Crippen molar-refractivity contribution in [1.82, 2.24) is 0 Å². The van der Waals surface area contributed by atoms with Crippen LogP contribution in [0.4, 0.5) is 0 Å². The van der Waals surface area contributed by atoms with E-state index in [2.05, 4.69) is 6.92 Å². The predicted octanol–water partition coefficient (Wildman–Crippen LogP) is -0.145. The molecule has 3 atom stereocenters. The Bertz CT molecular complexity index is 204. The quantitative estimate of drug-likeness (QED) is 0.465. The molecular formula is C10H24N4. The van der Waals surface area contributed by atoms with Crippen LogP contribution in [0.1, 0.15) is 39.5 Å². The lowest BCUT2D eigenvalue weighted by Crippen LogP contribution is -2.76. The SMILES string of the molecule is CCC(N)(N)C1(N)CCCC(N)C1C. The average Bonchev–Trinajstić information content (AvgIpc) is 2.14. The molecule has 0 aromatic heterocycles. The van der Waals surface area contributed by atoms with Crippen molar-refractivity contribution in [2.75, 3.05) is 0 Å². The lowest BCUT2D eigenvalue weighted by molar-refractivity contribution is 0.0853. The van der Waals surface area contributed by atoms with Crippen molar-refractivity contribution in [1.29, 1.82) is 0 Å². The largest absolute Gasteiger partial charge is 0.327 e. The number of hydrogen-bond acceptors (Lipinski definition) is 4. The van der Waals surface area contributed by atoms with Gasteiger partial charge in [0.15, 0.2) is 0 Å². The van der Waals surface area contributed by atoms with Crippen LogP contribution in [0.3, 0.4) is 0 Å². The summed E-state index contributed by atoms with van der Waals surface area (Å²) < 4.78 is 0. The Morgan fingerprint density at radius 3 is 2.50 bits per heavy atom. The highest BCUT2D eigenvalue weighted by atomic mass is 15.1. The van der Waals surface area contributed by atoms with E-state index in [-0.39, 0.29) is 12.0 Å². The Labute approximate surface area is 86.4 Å². The zero-order valence-electron chi connectivity index (χ0n) is 9.29. The molecule has 3 unspecified atom stereocenters. The zero-order valence-corrected chi connectivity index (χ0v) is 9.29. The van der Waals surface area contributed by atoms with Gasteiger partial charge in [0.1, 0.15) is 0 Å². The van der Waals surface area contributed by atoms with E-state index >= 15 is 0 Å². The predicted molar refractivity (Wildman–Crippen MR) is 59.3 cm³/mol. The first kappa shape index (κ1) is 11.9. The van der Waals surface area contributed by atoms with E-state index in [1.165, 1.54) is 0 Å². The topological polar surface area (TPSA) is 104 Å². The molecule has 0 amide bonds. The van der Waals surface area contributed by atoms with E-state index in [4.69, 9.17) is 22.9 Å². The second-order valence-corrected chi connectivity index (χ2v) is 4.78. The van der Waals surface area contributed by atoms with Crippen LogP contribution in [0, 0.1) is 5.92 Å². The fraction of sp³-hybridized carbons (Fsp3) is 1.00. The lowest BCUT2D eigenvalue weighted by atomic mass is 9.65. The molecule has 0 aromatic rings. The van der Waals surface area contributed by atoms with Crippen LogP contribution in [0.15, 0.2) is 0 Å². The van der Waals surface area contributed by atoms with Gasteiger partial charge in [0.25, 0.3) is 0 Å². The summed E-state index contributed by atoms with van der Waals surface area (Å²) >= 11 is 0. The summed E-state index contributed by atoms with van der Waals surface area (Å²) in [4.78, 5) is 0. The maximum atomic E-state index is 6.35. The molecule has 0 aromatic carbocycles. The normalized spacial score (nSPS) is 39.9. The molecule has 84 valence electrons. The van der Waals surface area contributed by atoms with Gasteiger partial charge in [-0.25, -0.2) is 0 Å². The van der Waals surface area contributed by atoms with Crippen LogP contribution in [-0.2, 0) is 0 Å². The molecule has 4 nitrogen and oxygen atoms in total. The molecule has 1 saturated carbocycles. The van der Waals surface area contributed by atoms with Crippen LogP contribution in [0.5, 0.6) is 0 Å². The Hall–Kier alpha value is -0.160. The number of hydrogen-bond donors (Lipinski definition) is 4. The molecule has 4 heteroatoms. The molecule has 0 heterocycles. The van der Waals surface area contributed by atoms with E-state index in [9.17, 15) is 0 Å². The molecule has 1 aliphatic carbocycles. The summed E-state index contributed by atoms with van der Waals surface area (Å²) in [5, 5.41) is 0. The van der Waals surface area contributed by atoms with Crippen molar-refractivity contribution in [2.24, 2.45) is 28.9 Å². The van der Waals surface area contributed by atoms with Gasteiger partial charge in [-0.05, 0) is 31.6 Å². The maximum Gasteiger partial charge on any atom is 0.0822 e. The molecule has 14 heavy (non-hydrogen) atoms. The third kappa shape index (κ3) is 1.67. The highest BCUT2D eigenvalue weighted by Crippen LogP contribution is 2.36. The third-order valence-electron chi connectivity index (χ3n) is 4.03. The van der Waals surface area contributed by atoms with Crippen LogP contribution >= 0.6 is 0 Å².